The molecule has 8 heteroatoms. The Hall–Kier alpha value is -3.19. The van der Waals surface area contributed by atoms with Crippen LogP contribution in [-0.2, 0) is 4.79 Å². The number of hydrogen-bond acceptors (Lipinski definition) is 6. The molecule has 7 nitrogen and oxygen atoms in total. The fourth-order valence-corrected chi connectivity index (χ4v) is 3.68. The molecule has 0 aliphatic carbocycles. The van der Waals surface area contributed by atoms with Crippen molar-refractivity contribution >= 4 is 35.1 Å². The van der Waals surface area contributed by atoms with Gasteiger partial charge in [0, 0.05) is 23.2 Å². The number of hydrogen-bond donors (Lipinski definition) is 1. The summed E-state index contributed by atoms with van der Waals surface area (Å²) in [6, 6.07) is 8.39. The second kappa shape index (κ2) is 8.45. The number of ketones is 1. The minimum atomic E-state index is -1.02. The van der Waals surface area contributed by atoms with E-state index in [-0.39, 0.29) is 18.9 Å². The molecule has 0 spiro atoms. The van der Waals surface area contributed by atoms with Gasteiger partial charge in [0.2, 0.25) is 5.75 Å². The summed E-state index contributed by atoms with van der Waals surface area (Å²) in [5, 5.41) is 9.63. The van der Waals surface area contributed by atoms with Gasteiger partial charge in [-0.05, 0) is 30.3 Å². The van der Waals surface area contributed by atoms with Gasteiger partial charge in [0.05, 0.1) is 32.0 Å². The molecule has 0 radical (unpaired) electrons. The fourth-order valence-electron chi connectivity index (χ4n) is 3.38. The second-order valence-electron chi connectivity index (χ2n) is 6.31. The Kier molecular flexibility index (Phi) is 5.98. The first-order chi connectivity index (χ1) is 13.9. The van der Waals surface area contributed by atoms with Crippen molar-refractivity contribution in [3.05, 3.63) is 52.1 Å². The van der Waals surface area contributed by atoms with E-state index in [0.717, 1.165) is 0 Å². The summed E-state index contributed by atoms with van der Waals surface area (Å²) in [4.78, 5) is 26.0. The molecule has 0 amide bonds. The maximum Gasteiger partial charge on any atom is 0.323 e. The predicted molar refractivity (Wildman–Crippen MR) is 110 cm³/mol. The molecule has 3 rings (SSSR count). The second-order valence-corrected chi connectivity index (χ2v) is 6.72. The van der Waals surface area contributed by atoms with E-state index in [1.54, 1.807) is 41.3 Å². The highest BCUT2D eigenvalue weighted by molar-refractivity contribution is 6.35. The van der Waals surface area contributed by atoms with E-state index in [1.807, 2.05) is 0 Å². The van der Waals surface area contributed by atoms with E-state index >= 15 is 0 Å². The van der Waals surface area contributed by atoms with E-state index in [9.17, 15) is 14.7 Å². The minimum absolute atomic E-state index is 0.0966. The van der Waals surface area contributed by atoms with Crippen LogP contribution in [-0.4, -0.2) is 51.3 Å². The minimum Gasteiger partial charge on any atom is -0.493 e. The van der Waals surface area contributed by atoms with Gasteiger partial charge in [-0.25, -0.2) is 0 Å². The standard InChI is InChI=1S/C21H20ClNO6/c1-27-16-8-7-12(20(28-2)21(16)29-3)9-13-10-23(11-17(24)25)18-14(19(13)26)5-4-6-15(18)22/h4-9H,10-11H2,1-3H3,(H,24,25)/b13-9+. The van der Waals surface area contributed by atoms with Gasteiger partial charge in [-0.1, -0.05) is 17.7 Å². The van der Waals surface area contributed by atoms with Crippen LogP contribution < -0.4 is 19.1 Å². The quantitative estimate of drug-likeness (QED) is 0.719. The van der Waals surface area contributed by atoms with Crippen LogP contribution in [0.25, 0.3) is 6.08 Å². The number of rotatable bonds is 6. The van der Waals surface area contributed by atoms with Crippen LogP contribution in [0, 0.1) is 0 Å². The van der Waals surface area contributed by atoms with Gasteiger partial charge in [-0.2, -0.15) is 0 Å². The zero-order chi connectivity index (χ0) is 21.1. The third-order valence-corrected chi connectivity index (χ3v) is 4.90. The van der Waals surface area contributed by atoms with E-state index in [4.69, 9.17) is 25.8 Å². The molecular formula is C21H20ClNO6. The Morgan fingerprint density at radius 2 is 1.86 bits per heavy atom. The third-order valence-electron chi connectivity index (χ3n) is 4.59. The van der Waals surface area contributed by atoms with Crippen LogP contribution in [0.2, 0.25) is 5.02 Å². The zero-order valence-corrected chi connectivity index (χ0v) is 16.9. The smallest absolute Gasteiger partial charge is 0.323 e. The average molecular weight is 418 g/mol. The number of fused-ring (bicyclic) bond motifs is 1. The maximum absolute atomic E-state index is 13.1. The van der Waals surface area contributed by atoms with Crippen molar-refractivity contribution in [2.24, 2.45) is 0 Å². The van der Waals surface area contributed by atoms with Crippen LogP contribution in [0.4, 0.5) is 5.69 Å². The van der Waals surface area contributed by atoms with E-state index in [1.165, 1.54) is 21.3 Å². The highest BCUT2D eigenvalue weighted by Gasteiger charge is 2.30. The predicted octanol–water partition coefficient (Wildman–Crippen LogP) is 3.54. The lowest BCUT2D eigenvalue weighted by atomic mass is 9.94. The number of carbonyl (C=O) groups is 2. The van der Waals surface area contributed by atoms with E-state index in [0.29, 0.717) is 44.7 Å². The Labute approximate surface area is 173 Å². The van der Waals surface area contributed by atoms with Gasteiger partial charge in [0.1, 0.15) is 6.54 Å². The van der Waals surface area contributed by atoms with Crippen molar-refractivity contribution in [1.82, 2.24) is 0 Å². The number of para-hydroxylation sites is 1. The molecule has 0 fully saturated rings. The van der Waals surface area contributed by atoms with Crippen LogP contribution >= 0.6 is 11.6 Å². The number of benzene rings is 2. The highest BCUT2D eigenvalue weighted by Crippen LogP contribution is 2.42. The molecule has 2 aromatic carbocycles. The van der Waals surface area contributed by atoms with Crippen molar-refractivity contribution in [2.45, 2.75) is 0 Å². The molecule has 152 valence electrons. The van der Waals surface area contributed by atoms with Crippen molar-refractivity contribution in [3.63, 3.8) is 0 Å². The lowest BCUT2D eigenvalue weighted by molar-refractivity contribution is -0.135. The number of carboxylic acid groups (broad SMARTS) is 1. The first-order valence-electron chi connectivity index (χ1n) is 8.70. The number of methoxy groups -OCH3 is 3. The molecule has 29 heavy (non-hydrogen) atoms. The number of carbonyl (C=O) groups excluding carboxylic acids is 1. The maximum atomic E-state index is 13.1. The SMILES string of the molecule is COc1ccc(/C=C2\CN(CC(=O)O)c3c(Cl)cccc3C2=O)c(OC)c1OC. The summed E-state index contributed by atoms with van der Waals surface area (Å²) in [5.41, 5.74) is 1.80. The van der Waals surface area contributed by atoms with Crippen molar-refractivity contribution in [2.75, 3.05) is 39.3 Å². The summed E-state index contributed by atoms with van der Waals surface area (Å²) in [6.45, 7) is -0.191. The van der Waals surface area contributed by atoms with Gasteiger partial charge in [0.25, 0.3) is 0 Å². The number of Topliss-reactive ketones (excluding diaryl/α,β-unsaturated/α-hetero) is 1. The third kappa shape index (κ3) is 3.86. The molecular weight excluding hydrogens is 398 g/mol. The molecule has 1 heterocycles. The monoisotopic (exact) mass is 417 g/mol. The first kappa shape index (κ1) is 20.5. The van der Waals surface area contributed by atoms with E-state index < -0.39 is 5.97 Å². The van der Waals surface area contributed by atoms with Crippen LogP contribution in [0.1, 0.15) is 15.9 Å². The van der Waals surface area contributed by atoms with E-state index in [2.05, 4.69) is 0 Å². The highest BCUT2D eigenvalue weighted by atomic mass is 35.5. The molecule has 0 saturated carbocycles. The molecule has 1 N–H and O–H groups in total. The Bertz CT molecular complexity index is 1000. The summed E-state index contributed by atoms with van der Waals surface area (Å²) in [7, 11) is 4.51. The lowest BCUT2D eigenvalue weighted by Gasteiger charge is -2.31. The Balaban J connectivity index is 2.13. The van der Waals surface area contributed by atoms with Gasteiger partial charge < -0.3 is 24.2 Å². The number of anilines is 1. The fraction of sp³-hybridized carbons (Fsp3) is 0.238. The van der Waals surface area contributed by atoms with Crippen LogP contribution in [0.15, 0.2) is 35.9 Å². The Morgan fingerprint density at radius 1 is 1.14 bits per heavy atom. The van der Waals surface area contributed by atoms with Gasteiger partial charge in [-0.3, -0.25) is 9.59 Å². The number of ether oxygens (including phenoxy) is 3. The molecule has 0 atom stereocenters. The summed E-state index contributed by atoms with van der Waals surface area (Å²) in [6.07, 6.45) is 1.67. The van der Waals surface area contributed by atoms with Gasteiger partial charge >= 0.3 is 5.97 Å². The molecule has 0 saturated heterocycles. The number of carboxylic acids is 1. The Morgan fingerprint density at radius 3 is 2.48 bits per heavy atom. The normalized spacial score (nSPS) is 14.6. The summed E-state index contributed by atoms with van der Waals surface area (Å²) < 4.78 is 16.2. The topological polar surface area (TPSA) is 85.3 Å². The molecule has 0 aromatic heterocycles. The molecule has 1 aliphatic rings. The zero-order valence-electron chi connectivity index (χ0n) is 16.2. The molecule has 0 bridgehead atoms. The molecule has 2 aromatic rings. The molecule has 0 unspecified atom stereocenters. The molecule has 1 aliphatic heterocycles. The lowest BCUT2D eigenvalue weighted by Crippen LogP contribution is -2.38. The van der Waals surface area contributed by atoms with Crippen molar-refractivity contribution in [3.8, 4) is 17.2 Å². The summed E-state index contributed by atoms with van der Waals surface area (Å²) >= 11 is 6.26. The number of nitrogens with zero attached hydrogens (tertiary/aromatic N) is 1. The van der Waals surface area contributed by atoms with Crippen molar-refractivity contribution < 1.29 is 28.9 Å². The first-order valence-corrected chi connectivity index (χ1v) is 9.08. The van der Waals surface area contributed by atoms with Gasteiger partial charge in [0.15, 0.2) is 17.3 Å². The summed E-state index contributed by atoms with van der Waals surface area (Å²) in [5.74, 6) is 0.0626. The van der Waals surface area contributed by atoms with Crippen LogP contribution in [0.5, 0.6) is 17.2 Å². The largest absolute Gasteiger partial charge is 0.493 e. The van der Waals surface area contributed by atoms with Gasteiger partial charge in [-0.15, -0.1) is 0 Å². The number of aliphatic carboxylic acids is 1. The number of halogens is 1. The average Bonchev–Trinajstić information content (AvgIpc) is 2.70. The van der Waals surface area contributed by atoms with Crippen LogP contribution in [0.3, 0.4) is 0 Å². The van der Waals surface area contributed by atoms with Crippen molar-refractivity contribution in [1.29, 1.82) is 0 Å².